The molecule has 0 radical (unpaired) electrons. The molecule has 0 aromatic carbocycles. The Labute approximate surface area is 108 Å². The Bertz CT molecular complexity index is 628. The summed E-state index contributed by atoms with van der Waals surface area (Å²) in [6.45, 7) is 1.54. The van der Waals surface area contributed by atoms with E-state index in [9.17, 15) is 14.7 Å². The van der Waals surface area contributed by atoms with Gasteiger partial charge < -0.3 is 5.11 Å². The second-order valence-electron chi connectivity index (χ2n) is 4.82. The first-order valence-electron chi connectivity index (χ1n) is 6.04. The molecule has 102 valence electrons. The summed E-state index contributed by atoms with van der Waals surface area (Å²) in [6.07, 6.45) is 2.55. The fourth-order valence-electron chi connectivity index (χ4n) is 2.56. The standard InChI is InChI=1S/C11H15N5O3/c1-6-4-16(11(19)13-10(6)18)8-2-7(5-17)9(3-8)14-15-12/h4,7-9,17H,2-3,5H2,1H3,(H,13,18,19)/t7-,8-,9?/m1/s1. The molecule has 0 aliphatic heterocycles. The van der Waals surface area contributed by atoms with Gasteiger partial charge in [0.25, 0.3) is 5.56 Å². The molecule has 0 saturated heterocycles. The molecule has 1 saturated carbocycles. The lowest BCUT2D eigenvalue weighted by Crippen LogP contribution is -2.32. The van der Waals surface area contributed by atoms with E-state index in [1.165, 1.54) is 10.8 Å². The SMILES string of the molecule is Cc1cn([C@H]2CC(N=[N+]=[N-])[C@@H](CO)C2)c(=O)[nH]c1=O. The molecule has 1 aliphatic carbocycles. The number of nitrogens with zero attached hydrogens (tertiary/aromatic N) is 4. The minimum Gasteiger partial charge on any atom is -0.396 e. The third-order valence-electron chi connectivity index (χ3n) is 3.61. The summed E-state index contributed by atoms with van der Waals surface area (Å²) in [5.74, 6) is -0.153. The first-order chi connectivity index (χ1) is 9.06. The summed E-state index contributed by atoms with van der Waals surface area (Å²) in [5.41, 5.74) is 8.07. The molecule has 3 atom stereocenters. The van der Waals surface area contributed by atoms with Crippen LogP contribution in [-0.4, -0.2) is 27.3 Å². The van der Waals surface area contributed by atoms with E-state index in [-0.39, 0.29) is 24.6 Å². The summed E-state index contributed by atoms with van der Waals surface area (Å²) in [5, 5.41) is 12.9. The summed E-state index contributed by atoms with van der Waals surface area (Å²) in [6, 6.07) is -0.491. The molecule has 8 nitrogen and oxygen atoms in total. The quantitative estimate of drug-likeness (QED) is 0.468. The van der Waals surface area contributed by atoms with E-state index in [2.05, 4.69) is 15.0 Å². The zero-order valence-electron chi connectivity index (χ0n) is 10.5. The number of aromatic amines is 1. The first-order valence-corrected chi connectivity index (χ1v) is 6.04. The Kier molecular flexibility index (Phi) is 3.73. The van der Waals surface area contributed by atoms with Gasteiger partial charge in [-0.1, -0.05) is 5.11 Å². The Morgan fingerprint density at radius 1 is 1.58 bits per heavy atom. The highest BCUT2D eigenvalue weighted by molar-refractivity contribution is 5.03. The molecule has 0 bridgehead atoms. The summed E-state index contributed by atoms with van der Waals surface area (Å²) >= 11 is 0. The molecule has 2 rings (SSSR count). The average Bonchev–Trinajstić information content (AvgIpc) is 2.77. The molecule has 0 spiro atoms. The van der Waals surface area contributed by atoms with Crippen LogP contribution in [0.15, 0.2) is 20.9 Å². The minimum absolute atomic E-state index is 0.0860. The zero-order chi connectivity index (χ0) is 14.0. The van der Waals surface area contributed by atoms with Crippen LogP contribution in [0.3, 0.4) is 0 Å². The van der Waals surface area contributed by atoms with Crippen LogP contribution < -0.4 is 11.2 Å². The van der Waals surface area contributed by atoms with Gasteiger partial charge in [0.15, 0.2) is 0 Å². The van der Waals surface area contributed by atoms with Gasteiger partial charge in [0.1, 0.15) is 0 Å². The van der Waals surface area contributed by atoms with Crippen molar-refractivity contribution in [3.8, 4) is 0 Å². The molecule has 1 aromatic heterocycles. The number of H-pyrrole nitrogens is 1. The van der Waals surface area contributed by atoms with Crippen LogP contribution in [0.5, 0.6) is 0 Å². The molecule has 0 amide bonds. The van der Waals surface area contributed by atoms with Crippen molar-refractivity contribution in [2.45, 2.75) is 31.8 Å². The van der Waals surface area contributed by atoms with Gasteiger partial charge >= 0.3 is 5.69 Å². The Morgan fingerprint density at radius 2 is 2.32 bits per heavy atom. The van der Waals surface area contributed by atoms with E-state index in [1.54, 1.807) is 6.92 Å². The lowest BCUT2D eigenvalue weighted by molar-refractivity contribution is 0.215. The Hall–Kier alpha value is -2.05. The van der Waals surface area contributed by atoms with E-state index in [4.69, 9.17) is 5.53 Å². The number of nitrogens with one attached hydrogen (secondary N) is 1. The summed E-state index contributed by atoms with van der Waals surface area (Å²) < 4.78 is 1.45. The predicted octanol–water partition coefficient (Wildman–Crippen LogP) is 0.467. The van der Waals surface area contributed by atoms with Gasteiger partial charge in [-0.3, -0.25) is 14.3 Å². The maximum absolute atomic E-state index is 11.8. The third kappa shape index (κ3) is 2.54. The molecule has 2 N–H and O–H groups in total. The van der Waals surface area contributed by atoms with Gasteiger partial charge in [0.2, 0.25) is 0 Å². The van der Waals surface area contributed by atoms with E-state index in [1.807, 2.05) is 0 Å². The molecular weight excluding hydrogens is 250 g/mol. The normalized spacial score (nSPS) is 26.1. The molecule has 1 unspecified atom stereocenters. The van der Waals surface area contributed by atoms with Crippen molar-refractivity contribution in [1.29, 1.82) is 0 Å². The molecule has 1 aromatic rings. The second-order valence-corrected chi connectivity index (χ2v) is 4.82. The van der Waals surface area contributed by atoms with Crippen LogP contribution in [0.1, 0.15) is 24.4 Å². The Balaban J connectivity index is 2.34. The van der Waals surface area contributed by atoms with Crippen molar-refractivity contribution in [2.24, 2.45) is 11.0 Å². The van der Waals surface area contributed by atoms with Gasteiger partial charge in [-0.05, 0) is 31.2 Å². The van der Waals surface area contributed by atoms with Crippen molar-refractivity contribution >= 4 is 0 Å². The topological polar surface area (TPSA) is 124 Å². The average molecular weight is 265 g/mol. The highest BCUT2D eigenvalue weighted by atomic mass is 16.3. The number of aliphatic hydroxyl groups is 1. The summed E-state index contributed by atoms with van der Waals surface area (Å²) in [7, 11) is 0. The van der Waals surface area contributed by atoms with Gasteiger partial charge in [-0.15, -0.1) is 0 Å². The lowest BCUT2D eigenvalue weighted by Gasteiger charge is -2.13. The maximum atomic E-state index is 11.8. The summed E-state index contributed by atoms with van der Waals surface area (Å²) in [4.78, 5) is 28.1. The van der Waals surface area contributed by atoms with Crippen LogP contribution in [0.4, 0.5) is 0 Å². The maximum Gasteiger partial charge on any atom is 0.328 e. The van der Waals surface area contributed by atoms with Crippen LogP contribution >= 0.6 is 0 Å². The van der Waals surface area contributed by atoms with Crippen molar-refractivity contribution in [1.82, 2.24) is 9.55 Å². The molecule has 1 aliphatic rings. The van der Waals surface area contributed by atoms with Crippen molar-refractivity contribution in [2.75, 3.05) is 6.61 Å². The van der Waals surface area contributed by atoms with E-state index in [0.717, 1.165) is 0 Å². The van der Waals surface area contributed by atoms with Crippen molar-refractivity contribution in [3.05, 3.63) is 43.0 Å². The molecular formula is C11H15N5O3. The van der Waals surface area contributed by atoms with E-state index >= 15 is 0 Å². The smallest absolute Gasteiger partial charge is 0.328 e. The van der Waals surface area contributed by atoms with E-state index in [0.29, 0.717) is 18.4 Å². The van der Waals surface area contributed by atoms with Crippen LogP contribution in [0.25, 0.3) is 10.4 Å². The number of aryl methyl sites for hydroxylation is 1. The lowest BCUT2D eigenvalue weighted by atomic mass is 10.1. The fourth-order valence-corrected chi connectivity index (χ4v) is 2.56. The molecule has 1 heterocycles. The van der Waals surface area contributed by atoms with Crippen molar-refractivity contribution in [3.63, 3.8) is 0 Å². The second kappa shape index (κ2) is 5.29. The van der Waals surface area contributed by atoms with Gasteiger partial charge in [-0.25, -0.2) is 4.79 Å². The number of azide groups is 1. The number of aromatic nitrogens is 2. The monoisotopic (exact) mass is 265 g/mol. The van der Waals surface area contributed by atoms with Crippen molar-refractivity contribution < 1.29 is 5.11 Å². The van der Waals surface area contributed by atoms with Crippen LogP contribution in [0.2, 0.25) is 0 Å². The Morgan fingerprint density at radius 3 is 2.95 bits per heavy atom. The predicted molar refractivity (Wildman–Crippen MR) is 67.8 cm³/mol. The van der Waals surface area contributed by atoms with Crippen LogP contribution in [0, 0.1) is 12.8 Å². The zero-order valence-corrected chi connectivity index (χ0v) is 10.5. The molecule has 1 fully saturated rings. The molecule has 8 heteroatoms. The largest absolute Gasteiger partial charge is 0.396 e. The highest BCUT2D eigenvalue weighted by Crippen LogP contribution is 2.35. The van der Waals surface area contributed by atoms with Gasteiger partial charge in [0, 0.05) is 35.4 Å². The number of rotatable bonds is 3. The fraction of sp³-hybridized carbons (Fsp3) is 0.636. The van der Waals surface area contributed by atoms with Gasteiger partial charge in [0.05, 0.1) is 0 Å². The number of hydrogen-bond donors (Lipinski definition) is 2. The third-order valence-corrected chi connectivity index (χ3v) is 3.61. The highest BCUT2D eigenvalue weighted by Gasteiger charge is 2.34. The van der Waals surface area contributed by atoms with Gasteiger partial charge in [-0.2, -0.15) is 0 Å². The molecule has 19 heavy (non-hydrogen) atoms. The first kappa shape index (κ1) is 13.4. The van der Waals surface area contributed by atoms with E-state index < -0.39 is 11.2 Å². The minimum atomic E-state index is -0.473. The van der Waals surface area contributed by atoms with Crippen LogP contribution in [-0.2, 0) is 0 Å². The number of hydrogen-bond acceptors (Lipinski definition) is 4. The number of aliphatic hydroxyl groups excluding tert-OH is 1.